The Bertz CT molecular complexity index is 898. The molecule has 1 N–H and O–H groups in total. The monoisotopic (exact) mass is 366 g/mol. The van der Waals surface area contributed by atoms with E-state index in [0.29, 0.717) is 18.5 Å². The number of aromatic nitrogens is 3. The van der Waals surface area contributed by atoms with E-state index in [-0.39, 0.29) is 6.10 Å². The lowest BCUT2D eigenvalue weighted by Crippen LogP contribution is -2.31. The van der Waals surface area contributed by atoms with E-state index in [4.69, 9.17) is 14.5 Å². The quantitative estimate of drug-likeness (QED) is 0.749. The highest BCUT2D eigenvalue weighted by Gasteiger charge is 2.16. The summed E-state index contributed by atoms with van der Waals surface area (Å²) in [6, 6.07) is 8.42. The number of pyridine rings is 2. The summed E-state index contributed by atoms with van der Waals surface area (Å²) in [5.41, 5.74) is 2.82. The Labute approximate surface area is 159 Å². The van der Waals surface area contributed by atoms with Crippen LogP contribution in [0, 0.1) is 0 Å². The molecule has 4 rings (SSSR count). The number of fused-ring (bicyclic) bond motifs is 1. The van der Waals surface area contributed by atoms with Crippen LogP contribution in [0.1, 0.15) is 26.3 Å². The lowest BCUT2D eigenvalue weighted by molar-refractivity contribution is 0.0317. The summed E-state index contributed by atoms with van der Waals surface area (Å²) in [5, 5.41) is 4.30. The molecule has 6 heteroatoms. The van der Waals surface area contributed by atoms with Crippen molar-refractivity contribution in [1.29, 1.82) is 0 Å². The molecule has 1 aliphatic heterocycles. The molecule has 6 nitrogen and oxygen atoms in total. The van der Waals surface area contributed by atoms with Gasteiger partial charge in [-0.15, -0.1) is 0 Å². The van der Waals surface area contributed by atoms with Crippen molar-refractivity contribution in [2.45, 2.75) is 32.4 Å². The molecule has 0 aromatic carbocycles. The predicted molar refractivity (Wildman–Crippen MR) is 106 cm³/mol. The maximum Gasteiger partial charge on any atom is 0.223 e. The Balaban J connectivity index is 1.63. The van der Waals surface area contributed by atoms with Crippen LogP contribution in [0.2, 0.25) is 0 Å². The fourth-order valence-electron chi connectivity index (χ4n) is 3.24. The first-order valence-corrected chi connectivity index (χ1v) is 9.59. The second-order valence-corrected chi connectivity index (χ2v) is 7.19. The Morgan fingerprint density at radius 1 is 1.37 bits per heavy atom. The van der Waals surface area contributed by atoms with Crippen LogP contribution in [-0.2, 0) is 4.74 Å². The van der Waals surface area contributed by atoms with Crippen LogP contribution in [0.4, 0.5) is 0 Å². The molecule has 0 unspecified atom stereocenters. The minimum Gasteiger partial charge on any atom is -0.474 e. The van der Waals surface area contributed by atoms with Gasteiger partial charge in [0.25, 0.3) is 0 Å². The number of nitrogens with zero attached hydrogens (tertiary/aromatic N) is 3. The topological polar surface area (TPSA) is 61.2 Å². The molecule has 0 spiro atoms. The molecular weight excluding hydrogens is 340 g/mol. The lowest BCUT2D eigenvalue weighted by Gasteiger charge is -2.16. The standard InChI is InChI=1S/C21H26N4O2/c1-15(2)25-9-6-16(13-25)19-11-20-18(5-3-8-23-20)21(24-19)27-14-17-12-22-7-4-10-26-17/h3,5-6,8-9,11,13,15,17,22H,4,7,10,12,14H2,1-2H3/t17-/m0/s1. The Morgan fingerprint density at radius 3 is 3.15 bits per heavy atom. The minimum atomic E-state index is 0.0340. The zero-order valence-corrected chi connectivity index (χ0v) is 15.9. The van der Waals surface area contributed by atoms with E-state index in [1.54, 1.807) is 6.20 Å². The van der Waals surface area contributed by atoms with Crippen molar-refractivity contribution in [1.82, 2.24) is 19.9 Å². The molecule has 1 fully saturated rings. The summed E-state index contributed by atoms with van der Waals surface area (Å²) < 4.78 is 14.1. The number of rotatable bonds is 5. The van der Waals surface area contributed by atoms with Gasteiger partial charge < -0.3 is 19.4 Å². The van der Waals surface area contributed by atoms with Gasteiger partial charge in [-0.2, -0.15) is 0 Å². The molecule has 3 aromatic rings. The maximum absolute atomic E-state index is 6.11. The molecule has 1 atom stereocenters. The summed E-state index contributed by atoms with van der Waals surface area (Å²) >= 11 is 0. The average Bonchev–Trinajstić information content (AvgIpc) is 3.04. The fraction of sp³-hybridized carbons (Fsp3) is 0.429. The normalized spacial score (nSPS) is 18.0. The average molecular weight is 366 g/mol. The number of hydrogen-bond donors (Lipinski definition) is 1. The molecule has 3 aromatic heterocycles. The molecular formula is C21H26N4O2. The van der Waals surface area contributed by atoms with Crippen LogP contribution in [-0.4, -0.2) is 46.9 Å². The molecule has 1 aliphatic rings. The van der Waals surface area contributed by atoms with Crippen molar-refractivity contribution in [3.63, 3.8) is 0 Å². The van der Waals surface area contributed by atoms with E-state index in [2.05, 4.69) is 47.2 Å². The summed E-state index contributed by atoms with van der Waals surface area (Å²) in [7, 11) is 0. The van der Waals surface area contributed by atoms with Crippen LogP contribution in [0.25, 0.3) is 22.2 Å². The van der Waals surface area contributed by atoms with Gasteiger partial charge in [0, 0.05) is 43.3 Å². The van der Waals surface area contributed by atoms with E-state index in [9.17, 15) is 0 Å². The largest absolute Gasteiger partial charge is 0.474 e. The fourth-order valence-corrected chi connectivity index (χ4v) is 3.24. The van der Waals surface area contributed by atoms with Gasteiger partial charge in [-0.3, -0.25) is 4.98 Å². The third kappa shape index (κ3) is 4.12. The van der Waals surface area contributed by atoms with Crippen molar-refractivity contribution >= 4 is 10.9 Å². The van der Waals surface area contributed by atoms with Crippen molar-refractivity contribution in [3.05, 3.63) is 42.9 Å². The van der Waals surface area contributed by atoms with Crippen molar-refractivity contribution in [2.75, 3.05) is 26.3 Å². The van der Waals surface area contributed by atoms with Gasteiger partial charge in [0.2, 0.25) is 5.88 Å². The van der Waals surface area contributed by atoms with E-state index < -0.39 is 0 Å². The van der Waals surface area contributed by atoms with Gasteiger partial charge in [0.15, 0.2) is 0 Å². The highest BCUT2D eigenvalue weighted by Crippen LogP contribution is 2.29. The van der Waals surface area contributed by atoms with Crippen LogP contribution in [0.15, 0.2) is 42.9 Å². The summed E-state index contributed by atoms with van der Waals surface area (Å²) in [4.78, 5) is 9.31. The van der Waals surface area contributed by atoms with Gasteiger partial charge >= 0.3 is 0 Å². The van der Waals surface area contributed by atoms with E-state index in [1.165, 1.54) is 0 Å². The van der Waals surface area contributed by atoms with Crippen molar-refractivity contribution < 1.29 is 9.47 Å². The Kier molecular flexibility index (Phi) is 5.36. The van der Waals surface area contributed by atoms with Crippen LogP contribution < -0.4 is 10.1 Å². The molecule has 4 heterocycles. The molecule has 0 aliphatic carbocycles. The van der Waals surface area contributed by atoms with Crippen molar-refractivity contribution in [3.8, 4) is 17.1 Å². The van der Waals surface area contributed by atoms with Crippen LogP contribution in [0.5, 0.6) is 5.88 Å². The first-order chi connectivity index (χ1) is 13.2. The molecule has 0 bridgehead atoms. The first kappa shape index (κ1) is 17.9. The Hall–Kier alpha value is -2.44. The highest BCUT2D eigenvalue weighted by atomic mass is 16.5. The van der Waals surface area contributed by atoms with Crippen LogP contribution >= 0.6 is 0 Å². The summed E-state index contributed by atoms with van der Waals surface area (Å²) in [6.07, 6.45) is 7.06. The molecule has 0 amide bonds. The molecule has 0 radical (unpaired) electrons. The minimum absolute atomic E-state index is 0.0340. The van der Waals surface area contributed by atoms with Crippen LogP contribution in [0.3, 0.4) is 0 Å². The van der Waals surface area contributed by atoms with Gasteiger partial charge in [-0.25, -0.2) is 4.98 Å². The van der Waals surface area contributed by atoms with E-state index >= 15 is 0 Å². The van der Waals surface area contributed by atoms with Gasteiger partial charge in [-0.05, 0) is 51.1 Å². The predicted octanol–water partition coefficient (Wildman–Crippen LogP) is 3.44. The van der Waals surface area contributed by atoms with Crippen molar-refractivity contribution in [2.24, 2.45) is 0 Å². The third-order valence-electron chi connectivity index (χ3n) is 4.80. The maximum atomic E-state index is 6.11. The van der Waals surface area contributed by atoms with Gasteiger partial charge in [-0.1, -0.05) is 0 Å². The number of hydrogen-bond acceptors (Lipinski definition) is 5. The Morgan fingerprint density at radius 2 is 2.30 bits per heavy atom. The first-order valence-electron chi connectivity index (χ1n) is 9.59. The second kappa shape index (κ2) is 8.06. The highest BCUT2D eigenvalue weighted by molar-refractivity contribution is 5.86. The third-order valence-corrected chi connectivity index (χ3v) is 4.80. The molecule has 27 heavy (non-hydrogen) atoms. The molecule has 0 saturated carbocycles. The zero-order valence-electron chi connectivity index (χ0n) is 15.9. The number of ether oxygens (including phenoxy) is 2. The van der Waals surface area contributed by atoms with E-state index in [1.807, 2.05) is 18.2 Å². The summed E-state index contributed by atoms with van der Waals surface area (Å²) in [6.45, 7) is 7.35. The zero-order chi connectivity index (χ0) is 18.6. The number of nitrogens with one attached hydrogen (secondary N) is 1. The molecule has 142 valence electrons. The van der Waals surface area contributed by atoms with Gasteiger partial charge in [0.05, 0.1) is 16.6 Å². The van der Waals surface area contributed by atoms with E-state index in [0.717, 1.165) is 48.3 Å². The smallest absolute Gasteiger partial charge is 0.223 e. The SMILES string of the molecule is CC(C)n1ccc(-c2cc3ncccc3c(OC[C@@H]3CNCCCO3)n2)c1. The lowest BCUT2D eigenvalue weighted by atomic mass is 10.1. The molecule has 1 saturated heterocycles. The second-order valence-electron chi connectivity index (χ2n) is 7.19. The van der Waals surface area contributed by atoms with Gasteiger partial charge in [0.1, 0.15) is 12.7 Å². The summed E-state index contributed by atoms with van der Waals surface area (Å²) in [5.74, 6) is 0.612.